The van der Waals surface area contributed by atoms with Gasteiger partial charge in [0, 0.05) is 22.8 Å². The third kappa shape index (κ3) is 5.49. The second kappa shape index (κ2) is 11.2. The molecule has 0 saturated carbocycles. The number of rotatable bonds is 8. The zero-order valence-electron chi connectivity index (χ0n) is 21.5. The summed E-state index contributed by atoms with van der Waals surface area (Å²) in [6.07, 6.45) is 0.491. The van der Waals surface area contributed by atoms with Crippen molar-refractivity contribution in [3.8, 4) is 27.5 Å². The molecule has 1 N–H and O–H groups in total. The average molecular weight is 600 g/mol. The standard InChI is InChI=1S/C28H24Cl2N4O3S2/c1-14(2)38-27-24(18-10-11-19(29)20(30)13-18)31-28(39-27)34-25(26(35)36)22(15(3)32-34)23-16(4)37-33-21(23)12-17-8-6-5-7-9-17/h5-11,13-14H,12H2,1-4H3,(H,35,36). The van der Waals surface area contributed by atoms with Crippen LogP contribution in [0.1, 0.15) is 47.0 Å². The van der Waals surface area contributed by atoms with Crippen LogP contribution in [0.3, 0.4) is 0 Å². The highest BCUT2D eigenvalue weighted by atomic mass is 35.5. The summed E-state index contributed by atoms with van der Waals surface area (Å²) in [4.78, 5) is 17.6. The molecule has 200 valence electrons. The third-order valence-corrected chi connectivity index (χ3v) is 8.94. The van der Waals surface area contributed by atoms with Gasteiger partial charge >= 0.3 is 5.97 Å². The first kappa shape index (κ1) is 27.5. The van der Waals surface area contributed by atoms with E-state index in [0.717, 1.165) is 15.3 Å². The number of aromatic carboxylic acids is 1. The Labute approximate surface area is 243 Å². The lowest BCUT2D eigenvalue weighted by Crippen LogP contribution is -2.09. The van der Waals surface area contributed by atoms with Crippen LogP contribution in [-0.2, 0) is 6.42 Å². The number of aryl methyl sites for hydroxylation is 2. The molecule has 0 spiro atoms. The van der Waals surface area contributed by atoms with E-state index in [9.17, 15) is 9.90 Å². The molecule has 5 rings (SSSR count). The molecule has 0 fully saturated rings. The lowest BCUT2D eigenvalue weighted by atomic mass is 9.97. The number of nitrogens with zero attached hydrogens (tertiary/aromatic N) is 4. The number of hydrogen-bond acceptors (Lipinski definition) is 7. The maximum absolute atomic E-state index is 12.8. The van der Waals surface area contributed by atoms with E-state index in [0.29, 0.717) is 55.6 Å². The predicted molar refractivity (Wildman–Crippen MR) is 157 cm³/mol. The van der Waals surface area contributed by atoms with E-state index in [1.54, 1.807) is 37.7 Å². The highest BCUT2D eigenvalue weighted by molar-refractivity contribution is 8.01. The first-order valence-electron chi connectivity index (χ1n) is 12.1. The van der Waals surface area contributed by atoms with Crippen LogP contribution >= 0.6 is 46.3 Å². The number of thiazole rings is 1. The summed E-state index contributed by atoms with van der Waals surface area (Å²) in [5.41, 5.74) is 4.82. The molecule has 0 atom stereocenters. The number of carboxylic acid groups (broad SMARTS) is 1. The van der Waals surface area contributed by atoms with E-state index in [4.69, 9.17) is 32.7 Å². The fourth-order valence-corrected chi connectivity index (χ4v) is 7.09. The SMILES string of the molecule is Cc1nn(-c2nc(-c3ccc(Cl)c(Cl)c3)c(SC(C)C)s2)c(C(=O)O)c1-c1c(Cc2ccccc2)noc1C. The largest absolute Gasteiger partial charge is 0.476 e. The van der Waals surface area contributed by atoms with Crippen molar-refractivity contribution in [1.29, 1.82) is 0 Å². The molecule has 0 radical (unpaired) electrons. The van der Waals surface area contributed by atoms with Crippen molar-refractivity contribution in [2.24, 2.45) is 0 Å². The highest BCUT2D eigenvalue weighted by Gasteiger charge is 2.30. The fraction of sp³-hybridized carbons (Fsp3) is 0.214. The van der Waals surface area contributed by atoms with E-state index in [1.807, 2.05) is 36.4 Å². The minimum Gasteiger partial charge on any atom is -0.476 e. The number of halogens is 2. The summed E-state index contributed by atoms with van der Waals surface area (Å²) in [6.45, 7) is 7.74. The van der Waals surface area contributed by atoms with Gasteiger partial charge in [0.05, 0.1) is 36.9 Å². The molecular formula is C28H24Cl2N4O3S2. The number of thioether (sulfide) groups is 1. The molecule has 7 nitrogen and oxygen atoms in total. The molecule has 0 aliphatic heterocycles. The van der Waals surface area contributed by atoms with Crippen LogP contribution in [0.5, 0.6) is 0 Å². The van der Waals surface area contributed by atoms with Gasteiger partial charge in [0.15, 0.2) is 5.69 Å². The van der Waals surface area contributed by atoms with E-state index in [1.165, 1.54) is 16.0 Å². The van der Waals surface area contributed by atoms with Gasteiger partial charge in [-0.05, 0) is 31.5 Å². The molecule has 0 aliphatic carbocycles. The Hall–Kier alpha value is -3.11. The Kier molecular flexibility index (Phi) is 7.87. The van der Waals surface area contributed by atoms with Crippen molar-refractivity contribution in [1.82, 2.24) is 19.9 Å². The number of hydrogen-bond donors (Lipinski definition) is 1. The van der Waals surface area contributed by atoms with Crippen molar-refractivity contribution in [3.63, 3.8) is 0 Å². The van der Waals surface area contributed by atoms with Crippen molar-refractivity contribution in [2.75, 3.05) is 0 Å². The Bertz CT molecular complexity index is 1680. The lowest BCUT2D eigenvalue weighted by Gasteiger charge is -2.05. The summed E-state index contributed by atoms with van der Waals surface area (Å²) in [7, 11) is 0. The quantitative estimate of drug-likeness (QED) is 0.179. The van der Waals surface area contributed by atoms with Gasteiger partial charge in [0.2, 0.25) is 5.13 Å². The predicted octanol–water partition coefficient (Wildman–Crippen LogP) is 8.36. The molecular weight excluding hydrogens is 575 g/mol. The van der Waals surface area contributed by atoms with Gasteiger partial charge in [0.25, 0.3) is 0 Å². The topological polar surface area (TPSA) is 94.0 Å². The molecule has 0 unspecified atom stereocenters. The van der Waals surface area contributed by atoms with Gasteiger partial charge in [-0.1, -0.05) is 89.9 Å². The molecule has 5 aromatic rings. The maximum atomic E-state index is 12.8. The molecule has 0 bridgehead atoms. The number of aromatic nitrogens is 4. The molecule has 0 aliphatic rings. The Morgan fingerprint density at radius 3 is 2.51 bits per heavy atom. The van der Waals surface area contributed by atoms with Gasteiger partial charge in [-0.3, -0.25) is 0 Å². The van der Waals surface area contributed by atoms with Gasteiger partial charge in [-0.25, -0.2) is 9.78 Å². The van der Waals surface area contributed by atoms with Crippen LogP contribution in [0.4, 0.5) is 0 Å². The lowest BCUT2D eigenvalue weighted by molar-refractivity contribution is 0.0688. The number of benzene rings is 2. The zero-order chi connectivity index (χ0) is 27.8. The van der Waals surface area contributed by atoms with Crippen molar-refractivity contribution in [3.05, 3.63) is 87.0 Å². The third-order valence-electron chi connectivity index (χ3n) is 5.96. The summed E-state index contributed by atoms with van der Waals surface area (Å²) in [6, 6.07) is 15.2. The van der Waals surface area contributed by atoms with Gasteiger partial charge < -0.3 is 9.63 Å². The number of carbonyl (C=O) groups is 1. The second-order valence-corrected chi connectivity index (χ2v) is 12.8. The minimum atomic E-state index is -1.12. The van der Waals surface area contributed by atoms with Gasteiger partial charge in [-0.15, -0.1) is 11.8 Å². The van der Waals surface area contributed by atoms with Gasteiger partial charge in [-0.2, -0.15) is 9.78 Å². The van der Waals surface area contributed by atoms with E-state index >= 15 is 0 Å². The van der Waals surface area contributed by atoms with Crippen molar-refractivity contribution >= 4 is 52.3 Å². The van der Waals surface area contributed by atoms with Gasteiger partial charge in [0.1, 0.15) is 5.76 Å². The average Bonchev–Trinajstić information content (AvgIpc) is 3.56. The van der Waals surface area contributed by atoms with E-state index in [2.05, 4.69) is 24.1 Å². The molecule has 11 heteroatoms. The van der Waals surface area contributed by atoms with Crippen LogP contribution in [0.15, 0.2) is 57.3 Å². The van der Waals surface area contributed by atoms with Crippen LogP contribution in [0.2, 0.25) is 10.0 Å². The Morgan fingerprint density at radius 1 is 1.10 bits per heavy atom. The van der Waals surface area contributed by atoms with E-state index < -0.39 is 5.97 Å². The summed E-state index contributed by atoms with van der Waals surface area (Å²) < 4.78 is 7.88. The normalized spacial score (nSPS) is 11.5. The van der Waals surface area contributed by atoms with Crippen LogP contribution in [0.25, 0.3) is 27.5 Å². The smallest absolute Gasteiger partial charge is 0.355 e. The fourth-order valence-electron chi connectivity index (χ4n) is 4.32. The molecule has 3 aromatic heterocycles. The Balaban J connectivity index is 1.67. The van der Waals surface area contributed by atoms with Crippen LogP contribution < -0.4 is 0 Å². The van der Waals surface area contributed by atoms with E-state index in [-0.39, 0.29) is 10.9 Å². The second-order valence-electron chi connectivity index (χ2n) is 9.18. The zero-order valence-corrected chi connectivity index (χ0v) is 24.7. The van der Waals surface area contributed by atoms with Crippen molar-refractivity contribution < 1.29 is 14.4 Å². The summed E-state index contributed by atoms with van der Waals surface area (Å²) >= 11 is 15.5. The summed E-state index contributed by atoms with van der Waals surface area (Å²) in [5.74, 6) is -0.598. The summed E-state index contributed by atoms with van der Waals surface area (Å²) in [5, 5.41) is 20.9. The Morgan fingerprint density at radius 2 is 1.85 bits per heavy atom. The first-order valence-corrected chi connectivity index (χ1v) is 14.5. The maximum Gasteiger partial charge on any atom is 0.355 e. The molecule has 39 heavy (non-hydrogen) atoms. The monoisotopic (exact) mass is 598 g/mol. The molecule has 0 amide bonds. The molecule has 2 aromatic carbocycles. The molecule has 0 saturated heterocycles. The van der Waals surface area contributed by atoms with Crippen LogP contribution in [0, 0.1) is 13.8 Å². The highest BCUT2D eigenvalue weighted by Crippen LogP contribution is 2.42. The number of carboxylic acids is 1. The molecule has 3 heterocycles. The van der Waals surface area contributed by atoms with Crippen LogP contribution in [-0.4, -0.2) is 36.2 Å². The first-order chi connectivity index (χ1) is 18.6. The minimum absolute atomic E-state index is 0.00338. The van der Waals surface area contributed by atoms with Crippen molar-refractivity contribution in [2.45, 2.75) is 43.6 Å².